The average Bonchev–Trinajstić information content (AvgIpc) is 2.72. The maximum atomic E-state index is 5.92. The fourth-order valence-corrected chi connectivity index (χ4v) is 2.44. The van der Waals surface area contributed by atoms with E-state index in [0.29, 0.717) is 29.3 Å². The Labute approximate surface area is 151 Å². The van der Waals surface area contributed by atoms with Crippen LogP contribution in [0.4, 0.5) is 0 Å². The number of hydrogen-bond donors (Lipinski definition) is 0. The maximum Gasteiger partial charge on any atom is 0.250 e. The molecule has 4 aromatic rings. The number of pyridine rings is 1. The molecular weight excluding hydrogens is 322 g/mol. The van der Waals surface area contributed by atoms with Crippen molar-refractivity contribution in [2.75, 3.05) is 0 Å². The van der Waals surface area contributed by atoms with E-state index in [9.17, 15) is 0 Å². The van der Waals surface area contributed by atoms with Gasteiger partial charge in [-0.15, -0.1) is 0 Å². The van der Waals surface area contributed by atoms with Crippen LogP contribution in [0.1, 0.15) is 16.8 Å². The molecule has 0 saturated heterocycles. The summed E-state index contributed by atoms with van der Waals surface area (Å²) in [5.41, 5.74) is 3.68. The van der Waals surface area contributed by atoms with Gasteiger partial charge in [0.15, 0.2) is 11.3 Å². The van der Waals surface area contributed by atoms with Crippen molar-refractivity contribution >= 4 is 11.2 Å². The summed E-state index contributed by atoms with van der Waals surface area (Å²) in [5, 5.41) is 0. The highest BCUT2D eigenvalue weighted by molar-refractivity contribution is 5.71. The zero-order valence-corrected chi connectivity index (χ0v) is 14.0. The SMILES string of the molecule is C(#Cc1nc2ncccc2nc1OCc1ccccc1)c1ccccc1. The van der Waals surface area contributed by atoms with Gasteiger partial charge in [-0.05, 0) is 35.7 Å². The van der Waals surface area contributed by atoms with Crippen LogP contribution in [0.15, 0.2) is 79.0 Å². The van der Waals surface area contributed by atoms with Gasteiger partial charge in [0.2, 0.25) is 5.88 Å². The first-order valence-corrected chi connectivity index (χ1v) is 8.25. The molecule has 0 atom stereocenters. The van der Waals surface area contributed by atoms with Crippen LogP contribution in [0.3, 0.4) is 0 Å². The minimum Gasteiger partial charge on any atom is -0.471 e. The normalized spacial score (nSPS) is 10.2. The third-order valence-electron chi connectivity index (χ3n) is 3.73. The summed E-state index contributed by atoms with van der Waals surface area (Å²) < 4.78 is 5.92. The van der Waals surface area contributed by atoms with Gasteiger partial charge >= 0.3 is 0 Å². The van der Waals surface area contributed by atoms with Crippen LogP contribution in [-0.4, -0.2) is 15.0 Å². The lowest BCUT2D eigenvalue weighted by molar-refractivity contribution is 0.293. The molecule has 0 unspecified atom stereocenters. The molecule has 0 N–H and O–H groups in total. The van der Waals surface area contributed by atoms with Crippen molar-refractivity contribution in [2.45, 2.75) is 6.61 Å². The molecule has 124 valence electrons. The Kier molecular flexibility index (Phi) is 4.53. The highest BCUT2D eigenvalue weighted by Gasteiger charge is 2.09. The van der Waals surface area contributed by atoms with Crippen LogP contribution in [-0.2, 0) is 6.61 Å². The van der Waals surface area contributed by atoms with E-state index in [4.69, 9.17) is 4.74 Å². The van der Waals surface area contributed by atoms with E-state index in [1.165, 1.54) is 0 Å². The van der Waals surface area contributed by atoms with Gasteiger partial charge in [-0.3, -0.25) is 0 Å². The van der Waals surface area contributed by atoms with Gasteiger partial charge in [-0.25, -0.2) is 15.0 Å². The van der Waals surface area contributed by atoms with Crippen LogP contribution in [0.25, 0.3) is 11.2 Å². The highest BCUT2D eigenvalue weighted by atomic mass is 16.5. The first-order valence-electron chi connectivity index (χ1n) is 8.25. The van der Waals surface area contributed by atoms with E-state index in [0.717, 1.165) is 11.1 Å². The van der Waals surface area contributed by atoms with E-state index in [-0.39, 0.29) is 0 Å². The molecule has 2 aromatic heterocycles. The molecular formula is C22H15N3O. The molecule has 26 heavy (non-hydrogen) atoms. The molecule has 2 aromatic carbocycles. The minimum absolute atomic E-state index is 0.404. The summed E-state index contributed by atoms with van der Waals surface area (Å²) in [5.74, 6) is 6.59. The zero-order valence-electron chi connectivity index (χ0n) is 14.0. The predicted molar refractivity (Wildman–Crippen MR) is 101 cm³/mol. The number of fused-ring (bicyclic) bond motifs is 1. The molecule has 0 fully saturated rings. The zero-order chi connectivity index (χ0) is 17.6. The number of aromatic nitrogens is 3. The summed E-state index contributed by atoms with van der Waals surface area (Å²) in [6.07, 6.45) is 1.69. The maximum absolute atomic E-state index is 5.92. The van der Waals surface area contributed by atoms with Crippen molar-refractivity contribution in [1.82, 2.24) is 15.0 Å². The van der Waals surface area contributed by atoms with Crippen LogP contribution in [0, 0.1) is 11.8 Å². The quantitative estimate of drug-likeness (QED) is 0.530. The van der Waals surface area contributed by atoms with Crippen LogP contribution < -0.4 is 4.74 Å². The summed E-state index contributed by atoms with van der Waals surface area (Å²) in [7, 11) is 0. The van der Waals surface area contributed by atoms with Crippen molar-refractivity contribution in [3.05, 3.63) is 95.8 Å². The Morgan fingerprint density at radius 2 is 1.54 bits per heavy atom. The number of ether oxygens (including phenoxy) is 1. The molecule has 4 rings (SSSR count). The van der Waals surface area contributed by atoms with Gasteiger partial charge in [0, 0.05) is 11.8 Å². The minimum atomic E-state index is 0.404. The molecule has 0 radical (unpaired) electrons. The van der Waals surface area contributed by atoms with Crippen LogP contribution in [0.2, 0.25) is 0 Å². The lowest BCUT2D eigenvalue weighted by Crippen LogP contribution is -2.02. The van der Waals surface area contributed by atoms with Gasteiger partial charge in [-0.1, -0.05) is 54.5 Å². The molecule has 4 nitrogen and oxygen atoms in total. The number of rotatable bonds is 3. The monoisotopic (exact) mass is 337 g/mol. The Morgan fingerprint density at radius 3 is 2.35 bits per heavy atom. The van der Waals surface area contributed by atoms with E-state index in [1.54, 1.807) is 6.20 Å². The average molecular weight is 337 g/mol. The molecule has 0 spiro atoms. The van der Waals surface area contributed by atoms with E-state index in [2.05, 4.69) is 26.8 Å². The first kappa shape index (κ1) is 15.8. The molecule has 0 bridgehead atoms. The first-order chi connectivity index (χ1) is 12.9. The smallest absolute Gasteiger partial charge is 0.250 e. The molecule has 0 aliphatic carbocycles. The Balaban J connectivity index is 1.70. The van der Waals surface area contributed by atoms with Gasteiger partial charge in [0.05, 0.1) is 0 Å². The van der Waals surface area contributed by atoms with E-state index in [1.807, 2.05) is 72.8 Å². The topological polar surface area (TPSA) is 47.9 Å². The predicted octanol–water partition coefficient (Wildman–Crippen LogP) is 4.00. The van der Waals surface area contributed by atoms with Gasteiger partial charge in [0.1, 0.15) is 12.1 Å². The van der Waals surface area contributed by atoms with Crippen molar-refractivity contribution in [2.24, 2.45) is 0 Å². The van der Waals surface area contributed by atoms with Gasteiger partial charge in [-0.2, -0.15) is 0 Å². The fourth-order valence-electron chi connectivity index (χ4n) is 2.44. The van der Waals surface area contributed by atoms with E-state index < -0.39 is 0 Å². The van der Waals surface area contributed by atoms with Gasteiger partial charge < -0.3 is 4.74 Å². The Bertz CT molecular complexity index is 1080. The molecule has 0 amide bonds. The van der Waals surface area contributed by atoms with Gasteiger partial charge in [0.25, 0.3) is 0 Å². The lowest BCUT2D eigenvalue weighted by Gasteiger charge is -2.08. The number of nitrogens with zero attached hydrogens (tertiary/aromatic N) is 3. The molecule has 0 aliphatic rings. The Hall–Kier alpha value is -3.71. The van der Waals surface area contributed by atoms with Crippen molar-refractivity contribution in [3.63, 3.8) is 0 Å². The second kappa shape index (κ2) is 7.45. The summed E-state index contributed by atoms with van der Waals surface area (Å²) >= 11 is 0. The standard InChI is InChI=1S/C22H15N3O/c1-3-8-17(9-4-1)13-14-20-22(26-16-18-10-5-2-6-11-18)25-19-12-7-15-23-21(19)24-20/h1-12,15H,16H2. The van der Waals surface area contributed by atoms with Crippen LogP contribution >= 0.6 is 0 Å². The largest absolute Gasteiger partial charge is 0.471 e. The number of benzene rings is 2. The van der Waals surface area contributed by atoms with E-state index >= 15 is 0 Å². The molecule has 0 aliphatic heterocycles. The summed E-state index contributed by atoms with van der Waals surface area (Å²) in [4.78, 5) is 13.3. The van der Waals surface area contributed by atoms with Crippen molar-refractivity contribution in [3.8, 4) is 17.7 Å². The third-order valence-corrected chi connectivity index (χ3v) is 3.73. The highest BCUT2D eigenvalue weighted by Crippen LogP contribution is 2.18. The number of hydrogen-bond acceptors (Lipinski definition) is 4. The van der Waals surface area contributed by atoms with Crippen molar-refractivity contribution < 1.29 is 4.74 Å². The molecule has 0 saturated carbocycles. The second-order valence-corrected chi connectivity index (χ2v) is 5.61. The third kappa shape index (κ3) is 3.68. The van der Waals surface area contributed by atoms with Crippen molar-refractivity contribution in [1.29, 1.82) is 0 Å². The van der Waals surface area contributed by atoms with Crippen LogP contribution in [0.5, 0.6) is 5.88 Å². The summed E-state index contributed by atoms with van der Waals surface area (Å²) in [6.45, 7) is 0.404. The fraction of sp³-hybridized carbons (Fsp3) is 0.0455. The second-order valence-electron chi connectivity index (χ2n) is 5.61. The Morgan fingerprint density at radius 1 is 0.769 bits per heavy atom. The molecule has 2 heterocycles. The summed E-state index contributed by atoms with van der Waals surface area (Å²) in [6, 6.07) is 23.4. The molecule has 4 heteroatoms. The lowest BCUT2D eigenvalue weighted by atomic mass is 10.2.